The second-order valence-electron chi connectivity index (χ2n) is 4.69. The molecular weight excluding hydrogens is 290 g/mol. The van der Waals surface area contributed by atoms with Crippen LogP contribution in [0.25, 0.3) is 0 Å². The van der Waals surface area contributed by atoms with Crippen LogP contribution < -0.4 is 4.74 Å². The molecule has 0 fully saturated rings. The van der Waals surface area contributed by atoms with Crippen LogP contribution in [0.15, 0.2) is 24.3 Å². The standard InChI is InChI=1S/C15H18ClN3O2/c1-2-3-6-9-19-14(13(10-20)17-18-19)11-21-15-8-5-4-7-12(15)16/h4-5,7-8,10H,2-3,6,9,11H2,1H3. The maximum Gasteiger partial charge on any atom is 0.172 e. The van der Waals surface area contributed by atoms with Gasteiger partial charge in [-0.15, -0.1) is 5.10 Å². The van der Waals surface area contributed by atoms with Gasteiger partial charge in [-0.25, -0.2) is 4.68 Å². The molecular formula is C15H18ClN3O2. The summed E-state index contributed by atoms with van der Waals surface area (Å²) in [6.45, 7) is 3.09. The first kappa shape index (κ1) is 15.5. The van der Waals surface area contributed by atoms with E-state index in [1.807, 2.05) is 12.1 Å². The zero-order valence-electron chi connectivity index (χ0n) is 12.0. The van der Waals surface area contributed by atoms with Crippen LogP contribution in [0.2, 0.25) is 5.02 Å². The predicted molar refractivity (Wildman–Crippen MR) is 80.7 cm³/mol. The number of aromatic nitrogens is 3. The van der Waals surface area contributed by atoms with Gasteiger partial charge in [-0.2, -0.15) is 0 Å². The number of aryl methyl sites for hydroxylation is 1. The van der Waals surface area contributed by atoms with Gasteiger partial charge in [0.25, 0.3) is 0 Å². The minimum atomic E-state index is 0.219. The van der Waals surface area contributed by atoms with E-state index in [2.05, 4.69) is 17.2 Å². The number of hydrogen-bond acceptors (Lipinski definition) is 4. The smallest absolute Gasteiger partial charge is 0.172 e. The molecule has 2 rings (SSSR count). The maximum absolute atomic E-state index is 11.1. The molecule has 6 heteroatoms. The van der Waals surface area contributed by atoms with Gasteiger partial charge in [0.15, 0.2) is 12.0 Å². The van der Waals surface area contributed by atoms with Gasteiger partial charge in [0.1, 0.15) is 18.1 Å². The summed E-state index contributed by atoms with van der Waals surface area (Å²) in [7, 11) is 0. The lowest BCUT2D eigenvalue weighted by Gasteiger charge is -2.09. The maximum atomic E-state index is 11.1. The van der Waals surface area contributed by atoms with Gasteiger partial charge < -0.3 is 4.74 Å². The number of nitrogens with zero attached hydrogens (tertiary/aromatic N) is 3. The highest BCUT2D eigenvalue weighted by Gasteiger charge is 2.13. The Hall–Kier alpha value is -1.88. The summed E-state index contributed by atoms with van der Waals surface area (Å²) in [5.74, 6) is 0.581. The number of aldehydes is 1. The van der Waals surface area contributed by atoms with E-state index in [1.165, 1.54) is 0 Å². The molecule has 1 heterocycles. The van der Waals surface area contributed by atoms with Crippen LogP contribution in [-0.4, -0.2) is 21.3 Å². The monoisotopic (exact) mass is 307 g/mol. The molecule has 0 aliphatic carbocycles. The Morgan fingerprint density at radius 1 is 1.33 bits per heavy atom. The fourth-order valence-electron chi connectivity index (χ4n) is 1.99. The van der Waals surface area contributed by atoms with Crippen LogP contribution >= 0.6 is 11.6 Å². The lowest BCUT2D eigenvalue weighted by atomic mass is 10.2. The Morgan fingerprint density at radius 2 is 2.14 bits per heavy atom. The molecule has 2 aromatic rings. The number of carbonyl (C=O) groups excluding carboxylic acids is 1. The van der Waals surface area contributed by atoms with Gasteiger partial charge in [0, 0.05) is 6.54 Å². The summed E-state index contributed by atoms with van der Waals surface area (Å²) >= 11 is 6.05. The van der Waals surface area contributed by atoms with E-state index in [4.69, 9.17) is 16.3 Å². The first-order valence-electron chi connectivity index (χ1n) is 7.01. The third kappa shape index (κ3) is 4.04. The van der Waals surface area contributed by atoms with Crippen LogP contribution in [-0.2, 0) is 13.2 Å². The van der Waals surface area contributed by atoms with Crippen molar-refractivity contribution in [3.63, 3.8) is 0 Å². The van der Waals surface area contributed by atoms with Crippen molar-refractivity contribution in [3.05, 3.63) is 40.7 Å². The minimum Gasteiger partial charge on any atom is -0.486 e. The summed E-state index contributed by atoms with van der Waals surface area (Å²) in [5.41, 5.74) is 1.000. The van der Waals surface area contributed by atoms with E-state index in [9.17, 15) is 4.79 Å². The van der Waals surface area contributed by atoms with Crippen molar-refractivity contribution in [1.29, 1.82) is 0 Å². The van der Waals surface area contributed by atoms with Crippen LogP contribution in [0, 0.1) is 0 Å². The van der Waals surface area contributed by atoms with Gasteiger partial charge in [-0.1, -0.05) is 48.7 Å². The van der Waals surface area contributed by atoms with Gasteiger partial charge in [-0.05, 0) is 18.6 Å². The Morgan fingerprint density at radius 3 is 2.86 bits per heavy atom. The Labute approximate surface area is 128 Å². The normalized spacial score (nSPS) is 10.6. The first-order valence-corrected chi connectivity index (χ1v) is 7.39. The molecule has 112 valence electrons. The summed E-state index contributed by atoms with van der Waals surface area (Å²) in [5, 5.41) is 8.43. The van der Waals surface area contributed by atoms with Gasteiger partial charge in [0.2, 0.25) is 0 Å². The van der Waals surface area contributed by atoms with Crippen molar-refractivity contribution in [2.24, 2.45) is 0 Å². The zero-order valence-corrected chi connectivity index (χ0v) is 12.7. The Bertz CT molecular complexity index is 598. The van der Waals surface area contributed by atoms with Crippen molar-refractivity contribution < 1.29 is 9.53 Å². The lowest BCUT2D eigenvalue weighted by molar-refractivity contribution is 0.111. The van der Waals surface area contributed by atoms with Crippen molar-refractivity contribution in [1.82, 2.24) is 15.0 Å². The fraction of sp³-hybridized carbons (Fsp3) is 0.400. The van der Waals surface area contributed by atoms with Crippen molar-refractivity contribution in [3.8, 4) is 5.75 Å². The quantitative estimate of drug-likeness (QED) is 0.553. The lowest BCUT2D eigenvalue weighted by Crippen LogP contribution is -2.09. The van der Waals surface area contributed by atoms with Gasteiger partial charge >= 0.3 is 0 Å². The molecule has 0 aliphatic rings. The second-order valence-corrected chi connectivity index (χ2v) is 5.10. The molecule has 0 amide bonds. The summed E-state index contributed by atoms with van der Waals surface area (Å²) in [6, 6.07) is 7.23. The van der Waals surface area contributed by atoms with E-state index in [1.54, 1.807) is 16.8 Å². The SMILES string of the molecule is CCCCCn1nnc(C=O)c1COc1ccccc1Cl. The number of hydrogen-bond donors (Lipinski definition) is 0. The molecule has 1 aromatic heterocycles. The highest BCUT2D eigenvalue weighted by molar-refractivity contribution is 6.32. The first-order chi connectivity index (χ1) is 10.3. The molecule has 5 nitrogen and oxygen atoms in total. The molecule has 0 saturated heterocycles. The van der Waals surface area contributed by atoms with E-state index < -0.39 is 0 Å². The second kappa shape index (κ2) is 7.78. The average molecular weight is 308 g/mol. The summed E-state index contributed by atoms with van der Waals surface area (Å²) < 4.78 is 7.41. The molecule has 21 heavy (non-hydrogen) atoms. The molecule has 0 bridgehead atoms. The summed E-state index contributed by atoms with van der Waals surface area (Å²) in [6.07, 6.45) is 3.94. The molecule has 1 aromatic carbocycles. The molecule has 0 radical (unpaired) electrons. The molecule has 0 spiro atoms. The topological polar surface area (TPSA) is 57.0 Å². The number of rotatable bonds is 8. The minimum absolute atomic E-state index is 0.219. The predicted octanol–water partition coefficient (Wildman–Crippen LogP) is 3.51. The van der Waals surface area contributed by atoms with E-state index in [0.29, 0.717) is 28.4 Å². The summed E-state index contributed by atoms with van der Waals surface area (Å²) in [4.78, 5) is 11.1. The highest BCUT2D eigenvalue weighted by atomic mass is 35.5. The number of halogens is 1. The third-order valence-electron chi connectivity index (χ3n) is 3.15. The van der Waals surface area contributed by atoms with E-state index in [0.717, 1.165) is 25.8 Å². The molecule has 0 N–H and O–H groups in total. The molecule has 0 unspecified atom stereocenters. The largest absolute Gasteiger partial charge is 0.486 e. The number of ether oxygens (including phenoxy) is 1. The fourth-order valence-corrected chi connectivity index (χ4v) is 2.18. The van der Waals surface area contributed by atoms with Gasteiger partial charge in [0.05, 0.1) is 5.02 Å². The highest BCUT2D eigenvalue weighted by Crippen LogP contribution is 2.24. The molecule has 0 aliphatic heterocycles. The number of unbranched alkanes of at least 4 members (excludes halogenated alkanes) is 2. The van der Waals surface area contributed by atoms with Gasteiger partial charge in [-0.3, -0.25) is 4.79 Å². The van der Waals surface area contributed by atoms with Crippen molar-refractivity contribution in [2.75, 3.05) is 0 Å². The van der Waals surface area contributed by atoms with Crippen LogP contribution in [0.5, 0.6) is 5.75 Å². The molecule has 0 saturated carbocycles. The van der Waals surface area contributed by atoms with Crippen molar-refractivity contribution in [2.45, 2.75) is 39.3 Å². The average Bonchev–Trinajstić information content (AvgIpc) is 2.89. The number of para-hydroxylation sites is 1. The number of benzene rings is 1. The van der Waals surface area contributed by atoms with E-state index in [-0.39, 0.29) is 6.61 Å². The molecule has 0 atom stereocenters. The third-order valence-corrected chi connectivity index (χ3v) is 3.47. The zero-order chi connectivity index (χ0) is 15.1. The Balaban J connectivity index is 2.08. The van der Waals surface area contributed by atoms with E-state index >= 15 is 0 Å². The van der Waals surface area contributed by atoms with Crippen LogP contribution in [0.4, 0.5) is 0 Å². The Kier molecular flexibility index (Phi) is 5.75. The van der Waals surface area contributed by atoms with Crippen LogP contribution in [0.3, 0.4) is 0 Å². The van der Waals surface area contributed by atoms with Crippen LogP contribution in [0.1, 0.15) is 42.4 Å². The van der Waals surface area contributed by atoms with Crippen molar-refractivity contribution >= 4 is 17.9 Å². The number of carbonyl (C=O) groups is 1.